The zero-order chi connectivity index (χ0) is 22.3. The first-order chi connectivity index (χ1) is 14.1. The molecule has 2 aromatic rings. The quantitative estimate of drug-likeness (QED) is 0.515. The topological polar surface area (TPSA) is 60.9 Å². The van der Waals surface area contributed by atoms with Gasteiger partial charge >= 0.3 is 12.1 Å². The fourth-order valence-electron chi connectivity index (χ4n) is 2.71. The van der Waals surface area contributed by atoms with Crippen LogP contribution in [0.15, 0.2) is 29.6 Å². The number of ether oxygens (including phenoxy) is 3. The lowest BCUT2D eigenvalue weighted by atomic mass is 10.1. The number of rotatable bonds is 10. The van der Waals surface area contributed by atoms with Gasteiger partial charge in [0.2, 0.25) is 0 Å². The summed E-state index contributed by atoms with van der Waals surface area (Å²) in [5.74, 6) is 0.109. The molecule has 0 fully saturated rings. The normalized spacial score (nSPS) is 13.9. The van der Waals surface area contributed by atoms with Gasteiger partial charge in [-0.1, -0.05) is 12.1 Å². The van der Waals surface area contributed by atoms with Crippen LogP contribution in [0.25, 0.3) is 0 Å². The molecule has 30 heavy (non-hydrogen) atoms. The number of thiazole rings is 1. The van der Waals surface area contributed by atoms with E-state index in [1.165, 1.54) is 19.6 Å². The molecule has 2 rings (SSSR count). The number of carbonyl (C=O) groups is 1. The van der Waals surface area contributed by atoms with Crippen molar-refractivity contribution in [3.05, 3.63) is 45.9 Å². The minimum Gasteiger partial charge on any atom is -0.482 e. The summed E-state index contributed by atoms with van der Waals surface area (Å²) in [6, 6.07) is 7.46. The number of likely N-dealkylation sites (N-methyl/N-ethyl adjacent to an activating group) is 1. The summed E-state index contributed by atoms with van der Waals surface area (Å²) in [5.41, 5.74) is 1.34. The van der Waals surface area contributed by atoms with Gasteiger partial charge in [0.25, 0.3) is 0 Å². The zero-order valence-corrected chi connectivity index (χ0v) is 18.0. The molecule has 2 atom stereocenters. The van der Waals surface area contributed by atoms with Crippen LogP contribution in [-0.2, 0) is 26.9 Å². The van der Waals surface area contributed by atoms with Crippen molar-refractivity contribution in [2.24, 2.45) is 0 Å². The third-order valence-corrected chi connectivity index (χ3v) is 5.53. The number of carbonyl (C=O) groups excluding carboxylic acids is 1. The van der Waals surface area contributed by atoms with Crippen LogP contribution >= 0.6 is 11.3 Å². The van der Waals surface area contributed by atoms with Gasteiger partial charge in [0.15, 0.2) is 11.6 Å². The van der Waals surface area contributed by atoms with Crippen LogP contribution in [0.1, 0.15) is 29.3 Å². The first kappa shape index (κ1) is 24.1. The lowest BCUT2D eigenvalue weighted by Crippen LogP contribution is -2.35. The van der Waals surface area contributed by atoms with E-state index in [4.69, 9.17) is 9.47 Å². The molecule has 0 bridgehead atoms. The van der Waals surface area contributed by atoms with Crippen LogP contribution in [0.3, 0.4) is 0 Å². The Labute approximate surface area is 177 Å². The Morgan fingerprint density at radius 3 is 2.43 bits per heavy atom. The lowest BCUT2D eigenvalue weighted by Gasteiger charge is -2.28. The number of aromatic nitrogens is 1. The highest BCUT2D eigenvalue weighted by Gasteiger charge is 2.35. The molecule has 6 nitrogen and oxygen atoms in total. The van der Waals surface area contributed by atoms with Gasteiger partial charge in [-0.25, -0.2) is 9.78 Å². The second-order valence-electron chi connectivity index (χ2n) is 6.80. The molecule has 0 N–H and O–H groups in total. The molecule has 166 valence electrons. The predicted molar refractivity (Wildman–Crippen MR) is 107 cm³/mol. The molecule has 1 aromatic carbocycles. The molecule has 10 heteroatoms. The number of alkyl halides is 3. The van der Waals surface area contributed by atoms with Crippen molar-refractivity contribution in [1.29, 1.82) is 0 Å². The van der Waals surface area contributed by atoms with Crippen LogP contribution in [-0.4, -0.2) is 56.3 Å². The van der Waals surface area contributed by atoms with Gasteiger partial charge in [0.05, 0.1) is 12.8 Å². The molecule has 1 heterocycles. The molecule has 0 amide bonds. The summed E-state index contributed by atoms with van der Waals surface area (Å²) in [6.07, 6.45) is -4.29. The van der Waals surface area contributed by atoms with Gasteiger partial charge < -0.3 is 19.1 Å². The standard InChI is InChI=1S/C20H25F3N2O4S/c1-13(9-14-5-7-15(8-6-14)29-11-18(26)28-4)25(2)10-17(27-3)16-12-30-19(24-16)20(21,22)23/h5-8,12-13,17H,9-11H2,1-4H3. The van der Waals surface area contributed by atoms with E-state index in [2.05, 4.69) is 9.72 Å². The summed E-state index contributed by atoms with van der Waals surface area (Å²) in [4.78, 5) is 16.8. The minimum atomic E-state index is -4.45. The van der Waals surface area contributed by atoms with Crippen molar-refractivity contribution in [3.63, 3.8) is 0 Å². The third kappa shape index (κ3) is 6.96. The Morgan fingerprint density at radius 2 is 1.90 bits per heavy atom. The smallest absolute Gasteiger partial charge is 0.443 e. The summed E-state index contributed by atoms with van der Waals surface area (Å²) >= 11 is 0.571. The van der Waals surface area contributed by atoms with Crippen molar-refractivity contribution in [2.75, 3.05) is 34.4 Å². The second-order valence-corrected chi connectivity index (χ2v) is 7.66. The number of halogens is 3. The van der Waals surface area contributed by atoms with E-state index in [1.807, 2.05) is 31.0 Å². The number of methoxy groups -OCH3 is 2. The van der Waals surface area contributed by atoms with Crippen molar-refractivity contribution >= 4 is 17.3 Å². The van der Waals surface area contributed by atoms with E-state index in [1.54, 1.807) is 12.1 Å². The van der Waals surface area contributed by atoms with E-state index in [0.29, 0.717) is 23.6 Å². The average molecular weight is 446 g/mol. The van der Waals surface area contributed by atoms with E-state index >= 15 is 0 Å². The molecule has 0 saturated carbocycles. The molecule has 0 spiro atoms. The zero-order valence-electron chi connectivity index (χ0n) is 17.2. The van der Waals surface area contributed by atoms with Gasteiger partial charge in [-0.2, -0.15) is 13.2 Å². The highest BCUT2D eigenvalue weighted by Crippen LogP contribution is 2.33. The maximum absolute atomic E-state index is 12.8. The van der Waals surface area contributed by atoms with Crippen molar-refractivity contribution in [1.82, 2.24) is 9.88 Å². The van der Waals surface area contributed by atoms with E-state index < -0.39 is 23.3 Å². The Bertz CT molecular complexity index is 811. The van der Waals surface area contributed by atoms with Gasteiger partial charge in [-0.3, -0.25) is 0 Å². The Kier molecular flexibility index (Phi) is 8.63. The average Bonchev–Trinajstić information content (AvgIpc) is 3.21. The largest absolute Gasteiger partial charge is 0.482 e. The summed E-state index contributed by atoms with van der Waals surface area (Å²) < 4.78 is 53.6. The van der Waals surface area contributed by atoms with Crippen LogP contribution < -0.4 is 4.74 Å². The molecule has 0 radical (unpaired) electrons. The number of benzene rings is 1. The maximum Gasteiger partial charge on any atom is 0.443 e. The van der Waals surface area contributed by atoms with Crippen LogP contribution in [0.4, 0.5) is 13.2 Å². The summed E-state index contributed by atoms with van der Waals surface area (Å²) in [5, 5.41) is 0.521. The molecular weight excluding hydrogens is 421 g/mol. The molecule has 2 unspecified atom stereocenters. The fraction of sp³-hybridized carbons (Fsp3) is 0.500. The summed E-state index contributed by atoms with van der Waals surface area (Å²) in [7, 11) is 4.65. The second kappa shape index (κ2) is 10.7. The van der Waals surface area contributed by atoms with Gasteiger partial charge in [-0.15, -0.1) is 11.3 Å². The van der Waals surface area contributed by atoms with E-state index in [-0.39, 0.29) is 18.3 Å². The molecule has 0 saturated heterocycles. The number of esters is 1. The fourth-order valence-corrected chi connectivity index (χ4v) is 3.44. The van der Waals surface area contributed by atoms with E-state index in [0.717, 1.165) is 12.0 Å². The van der Waals surface area contributed by atoms with Crippen LogP contribution in [0, 0.1) is 0 Å². The molecule has 0 aliphatic rings. The Hall–Kier alpha value is -2.17. The Morgan fingerprint density at radius 1 is 1.23 bits per heavy atom. The first-order valence-electron chi connectivity index (χ1n) is 9.18. The SMILES string of the molecule is COC(=O)COc1ccc(CC(C)N(C)CC(OC)c2csc(C(F)(F)F)n2)cc1. The molecule has 0 aliphatic carbocycles. The predicted octanol–water partition coefficient (Wildman–Crippen LogP) is 3.96. The highest BCUT2D eigenvalue weighted by atomic mass is 32.1. The highest BCUT2D eigenvalue weighted by molar-refractivity contribution is 7.09. The monoisotopic (exact) mass is 446 g/mol. The number of hydrogen-bond donors (Lipinski definition) is 0. The van der Waals surface area contributed by atoms with Crippen molar-refractivity contribution < 1.29 is 32.2 Å². The number of hydrogen-bond acceptors (Lipinski definition) is 7. The number of nitrogens with zero attached hydrogens (tertiary/aromatic N) is 2. The molecule has 1 aromatic heterocycles. The lowest BCUT2D eigenvalue weighted by molar-refractivity contribution is -0.143. The van der Waals surface area contributed by atoms with Gasteiger partial charge in [0.1, 0.15) is 11.9 Å². The maximum atomic E-state index is 12.8. The van der Waals surface area contributed by atoms with Gasteiger partial charge in [0, 0.05) is 25.1 Å². The minimum absolute atomic E-state index is 0.102. The Balaban J connectivity index is 1.92. The van der Waals surface area contributed by atoms with Crippen molar-refractivity contribution in [3.8, 4) is 5.75 Å². The van der Waals surface area contributed by atoms with Crippen molar-refractivity contribution in [2.45, 2.75) is 31.7 Å². The van der Waals surface area contributed by atoms with Crippen LogP contribution in [0.2, 0.25) is 0 Å². The first-order valence-corrected chi connectivity index (χ1v) is 10.1. The van der Waals surface area contributed by atoms with Crippen LogP contribution in [0.5, 0.6) is 5.75 Å². The third-order valence-electron chi connectivity index (χ3n) is 4.62. The van der Waals surface area contributed by atoms with Gasteiger partial charge in [-0.05, 0) is 38.1 Å². The summed E-state index contributed by atoms with van der Waals surface area (Å²) in [6.45, 7) is 2.27. The molecule has 0 aliphatic heterocycles. The molecular formula is C20H25F3N2O4S. The van der Waals surface area contributed by atoms with E-state index in [9.17, 15) is 18.0 Å².